The lowest BCUT2D eigenvalue weighted by atomic mass is 9.91. The second kappa shape index (κ2) is 6.73. The van der Waals surface area contributed by atoms with Crippen LogP contribution in [0.1, 0.15) is 18.3 Å². The quantitative estimate of drug-likeness (QED) is 0.668. The maximum Gasteiger partial charge on any atom is 0.243 e. The van der Waals surface area contributed by atoms with Gasteiger partial charge in [0.2, 0.25) is 11.1 Å². The number of nitrogens with one attached hydrogen (secondary N) is 2. The Balaban J connectivity index is 2.28. The molecule has 0 spiro atoms. The summed E-state index contributed by atoms with van der Waals surface area (Å²) < 4.78 is 0. The molecule has 1 aromatic carbocycles. The number of benzene rings is 1. The normalized spacial score (nSPS) is 13.8. The van der Waals surface area contributed by atoms with Gasteiger partial charge in [0.25, 0.3) is 0 Å². The van der Waals surface area contributed by atoms with Gasteiger partial charge in [0, 0.05) is 5.75 Å². The topological polar surface area (TPSA) is 96.7 Å². The van der Waals surface area contributed by atoms with Crippen molar-refractivity contribution in [3.05, 3.63) is 41.7 Å². The molecular formula is C14H19N5OS. The number of hydrogen-bond donors (Lipinski definition) is 3. The molecule has 1 atom stereocenters. The predicted molar refractivity (Wildman–Crippen MR) is 82.8 cm³/mol. The molecule has 21 heavy (non-hydrogen) atoms. The number of aromatic amines is 1. The van der Waals surface area contributed by atoms with Gasteiger partial charge in [-0.15, -0.1) is 5.10 Å². The molecule has 6 nitrogen and oxygen atoms in total. The Labute approximate surface area is 127 Å². The molecule has 0 bridgehead atoms. The third-order valence-electron chi connectivity index (χ3n) is 3.16. The molecule has 7 heteroatoms. The van der Waals surface area contributed by atoms with Crippen molar-refractivity contribution in [1.29, 1.82) is 0 Å². The van der Waals surface area contributed by atoms with E-state index in [9.17, 15) is 4.79 Å². The van der Waals surface area contributed by atoms with Gasteiger partial charge >= 0.3 is 0 Å². The summed E-state index contributed by atoms with van der Waals surface area (Å²) in [5, 5.41) is 10.7. The van der Waals surface area contributed by atoms with E-state index in [2.05, 4.69) is 20.5 Å². The van der Waals surface area contributed by atoms with Gasteiger partial charge < -0.3 is 5.73 Å². The molecule has 0 fully saturated rings. The van der Waals surface area contributed by atoms with Crippen molar-refractivity contribution in [3.8, 4) is 0 Å². The van der Waals surface area contributed by atoms with Crippen LogP contribution in [0.15, 0.2) is 35.5 Å². The molecule has 112 valence electrons. The van der Waals surface area contributed by atoms with Crippen molar-refractivity contribution in [1.82, 2.24) is 20.5 Å². The van der Waals surface area contributed by atoms with E-state index in [-0.39, 0.29) is 0 Å². The number of likely N-dealkylation sites (N-methyl/N-ethyl adjacent to an activating group) is 1. The molecule has 0 aliphatic heterocycles. The average Bonchev–Trinajstić information content (AvgIpc) is 2.90. The van der Waals surface area contributed by atoms with Crippen molar-refractivity contribution in [2.45, 2.75) is 24.5 Å². The number of nitrogens with two attached hydrogens (primary N) is 1. The molecule has 1 unspecified atom stereocenters. The van der Waals surface area contributed by atoms with Crippen molar-refractivity contribution in [3.63, 3.8) is 0 Å². The van der Waals surface area contributed by atoms with Crippen molar-refractivity contribution < 1.29 is 4.79 Å². The molecule has 0 radical (unpaired) electrons. The molecule has 1 heterocycles. The highest BCUT2D eigenvalue weighted by Crippen LogP contribution is 2.28. The fourth-order valence-electron chi connectivity index (χ4n) is 2.12. The summed E-state index contributed by atoms with van der Waals surface area (Å²) in [6, 6.07) is 9.50. The molecule has 0 saturated carbocycles. The number of amides is 1. The van der Waals surface area contributed by atoms with Gasteiger partial charge in [0.15, 0.2) is 0 Å². The SMILES string of the molecule is CCNC(CSc1n[nH]c(C)n1)(C(N)=O)c1ccccc1. The molecule has 4 N–H and O–H groups in total. The maximum absolute atomic E-state index is 12.1. The van der Waals surface area contributed by atoms with Gasteiger partial charge in [-0.1, -0.05) is 49.0 Å². The Morgan fingerprint density at radius 2 is 2.14 bits per heavy atom. The van der Waals surface area contributed by atoms with E-state index in [4.69, 9.17) is 5.73 Å². The minimum atomic E-state index is -0.935. The number of aromatic nitrogens is 3. The highest BCUT2D eigenvalue weighted by atomic mass is 32.2. The average molecular weight is 305 g/mol. The zero-order valence-electron chi connectivity index (χ0n) is 12.1. The smallest absolute Gasteiger partial charge is 0.243 e. The molecule has 1 aromatic heterocycles. The highest BCUT2D eigenvalue weighted by Gasteiger charge is 2.38. The molecule has 0 saturated heterocycles. The van der Waals surface area contributed by atoms with E-state index >= 15 is 0 Å². The van der Waals surface area contributed by atoms with E-state index < -0.39 is 11.4 Å². The number of rotatable bonds is 7. The Morgan fingerprint density at radius 1 is 1.43 bits per heavy atom. The van der Waals surface area contributed by atoms with Crippen LogP contribution in [-0.4, -0.2) is 33.4 Å². The molecule has 0 aliphatic carbocycles. The van der Waals surface area contributed by atoms with Crippen LogP contribution in [0.2, 0.25) is 0 Å². The van der Waals surface area contributed by atoms with Crippen molar-refractivity contribution >= 4 is 17.7 Å². The standard InChI is InChI=1S/C14H19N5OS/c1-3-16-14(12(15)20,11-7-5-4-6-8-11)9-21-13-17-10(2)18-19-13/h4-8,16H,3,9H2,1-2H3,(H2,15,20)(H,17,18,19). The minimum Gasteiger partial charge on any atom is -0.368 e. The Kier molecular flexibility index (Phi) is 4.98. The minimum absolute atomic E-state index is 0.407. The monoisotopic (exact) mass is 305 g/mol. The zero-order valence-corrected chi connectivity index (χ0v) is 12.9. The first-order valence-electron chi connectivity index (χ1n) is 6.70. The van der Waals surface area contributed by atoms with Crippen LogP contribution in [0, 0.1) is 6.92 Å². The van der Waals surface area contributed by atoms with Gasteiger partial charge in [0.1, 0.15) is 11.4 Å². The molecule has 1 amide bonds. The third-order valence-corrected chi connectivity index (χ3v) is 4.18. The van der Waals surface area contributed by atoms with Crippen LogP contribution in [0.5, 0.6) is 0 Å². The van der Waals surface area contributed by atoms with Gasteiger partial charge in [-0.25, -0.2) is 4.98 Å². The van der Waals surface area contributed by atoms with Crippen molar-refractivity contribution in [2.24, 2.45) is 5.73 Å². The Morgan fingerprint density at radius 3 is 2.67 bits per heavy atom. The second-order valence-corrected chi connectivity index (χ2v) is 5.60. The Hall–Kier alpha value is -1.86. The molecule has 0 aliphatic rings. The largest absolute Gasteiger partial charge is 0.368 e. The van der Waals surface area contributed by atoms with Crippen LogP contribution >= 0.6 is 11.8 Å². The first-order chi connectivity index (χ1) is 10.1. The molecule has 2 aromatic rings. The molecular weight excluding hydrogens is 286 g/mol. The fourth-order valence-corrected chi connectivity index (χ4v) is 3.19. The van der Waals surface area contributed by atoms with E-state index in [1.165, 1.54) is 11.8 Å². The van der Waals surface area contributed by atoms with Crippen LogP contribution < -0.4 is 11.1 Å². The van der Waals surface area contributed by atoms with Gasteiger partial charge in [-0.05, 0) is 19.0 Å². The number of hydrogen-bond acceptors (Lipinski definition) is 5. The van der Waals surface area contributed by atoms with E-state index in [0.29, 0.717) is 17.5 Å². The fraction of sp³-hybridized carbons (Fsp3) is 0.357. The Bertz CT molecular complexity index is 600. The number of primary amides is 1. The van der Waals surface area contributed by atoms with Crippen LogP contribution in [0.3, 0.4) is 0 Å². The molecule has 2 rings (SSSR count). The van der Waals surface area contributed by atoms with E-state index in [1.54, 1.807) is 0 Å². The van der Waals surface area contributed by atoms with Gasteiger partial charge in [0.05, 0.1) is 0 Å². The number of H-pyrrole nitrogens is 1. The number of carbonyl (C=O) groups excluding carboxylic acids is 1. The summed E-state index contributed by atoms with van der Waals surface area (Å²) in [6.45, 7) is 4.41. The van der Waals surface area contributed by atoms with Crippen molar-refractivity contribution in [2.75, 3.05) is 12.3 Å². The summed E-state index contributed by atoms with van der Waals surface area (Å²) >= 11 is 1.39. The number of aryl methyl sites for hydroxylation is 1. The first-order valence-corrected chi connectivity index (χ1v) is 7.69. The zero-order chi connectivity index (χ0) is 15.3. The summed E-state index contributed by atoms with van der Waals surface area (Å²) in [6.07, 6.45) is 0. The lowest BCUT2D eigenvalue weighted by molar-refractivity contribution is -0.123. The number of thioether (sulfide) groups is 1. The lowest BCUT2D eigenvalue weighted by Gasteiger charge is -2.31. The third kappa shape index (κ3) is 3.43. The predicted octanol–water partition coefficient (Wildman–Crippen LogP) is 1.20. The van der Waals surface area contributed by atoms with E-state index in [0.717, 1.165) is 11.4 Å². The van der Waals surface area contributed by atoms with Gasteiger partial charge in [-0.3, -0.25) is 15.2 Å². The number of nitrogens with zero attached hydrogens (tertiary/aromatic N) is 2. The van der Waals surface area contributed by atoms with Crippen LogP contribution in [-0.2, 0) is 10.3 Å². The summed E-state index contributed by atoms with van der Waals surface area (Å²) in [5.41, 5.74) is 5.61. The summed E-state index contributed by atoms with van der Waals surface area (Å²) in [4.78, 5) is 16.4. The second-order valence-electron chi connectivity index (χ2n) is 4.66. The lowest BCUT2D eigenvalue weighted by Crippen LogP contribution is -2.54. The summed E-state index contributed by atoms with van der Waals surface area (Å²) in [7, 11) is 0. The van der Waals surface area contributed by atoms with Crippen LogP contribution in [0.25, 0.3) is 0 Å². The highest BCUT2D eigenvalue weighted by molar-refractivity contribution is 7.99. The first kappa shape index (κ1) is 15.5. The van der Waals surface area contributed by atoms with Crippen LogP contribution in [0.4, 0.5) is 0 Å². The number of carbonyl (C=O) groups is 1. The maximum atomic E-state index is 12.1. The van der Waals surface area contributed by atoms with Gasteiger partial charge in [-0.2, -0.15) is 0 Å². The summed E-state index contributed by atoms with van der Waals surface area (Å²) in [5.74, 6) is 0.762. The van der Waals surface area contributed by atoms with E-state index in [1.807, 2.05) is 44.2 Å².